The predicted molar refractivity (Wildman–Crippen MR) is 63.1 cm³/mol. The van der Waals surface area contributed by atoms with Crippen LogP contribution in [0.3, 0.4) is 0 Å². The number of carbonyl (C=O) groups is 1. The Morgan fingerprint density at radius 1 is 1.06 bits per heavy atom. The average molecular weight is 241 g/mol. The van der Waals surface area contributed by atoms with Gasteiger partial charge in [-0.05, 0) is 12.1 Å². The van der Waals surface area contributed by atoms with Crippen molar-refractivity contribution in [3.8, 4) is 0 Å². The first-order valence-corrected chi connectivity index (χ1v) is 5.64. The fourth-order valence-electron chi connectivity index (χ4n) is 1.86. The quantitative estimate of drug-likeness (QED) is 0.798. The van der Waals surface area contributed by atoms with E-state index in [1.165, 1.54) is 0 Å². The molecule has 0 unspecified atom stereocenters. The number of hydroxylamine groups is 2. The Balaban J connectivity index is 1.68. The van der Waals surface area contributed by atoms with Crippen LogP contribution < -0.4 is 0 Å². The zero-order valence-electron chi connectivity index (χ0n) is 9.61. The molecule has 0 saturated carbocycles. The molecule has 1 aliphatic rings. The topological polar surface area (TPSA) is 55.3 Å². The molecule has 0 saturated heterocycles. The van der Waals surface area contributed by atoms with Crippen molar-refractivity contribution in [2.24, 2.45) is 0 Å². The Hall–Kier alpha value is -2.27. The molecule has 90 valence electrons. The van der Waals surface area contributed by atoms with Crippen molar-refractivity contribution in [1.29, 1.82) is 0 Å². The van der Waals surface area contributed by atoms with Crippen LogP contribution in [0.25, 0.3) is 0 Å². The molecule has 0 fully saturated rings. The summed E-state index contributed by atoms with van der Waals surface area (Å²) in [5.41, 5.74) is 2.26. The highest BCUT2D eigenvalue weighted by atomic mass is 16.7. The summed E-state index contributed by atoms with van der Waals surface area (Å²) in [6.45, 7) is 0.976. The largest absolute Gasteiger partial charge is 0.363 e. The SMILES string of the molecule is O=C(ON1Cc2nccnc2C1)c1ccccc1. The van der Waals surface area contributed by atoms with Gasteiger partial charge in [0.25, 0.3) is 0 Å². The van der Waals surface area contributed by atoms with Crippen molar-refractivity contribution in [1.82, 2.24) is 15.0 Å². The Bertz CT molecular complexity index is 546. The van der Waals surface area contributed by atoms with E-state index in [0.717, 1.165) is 11.4 Å². The molecule has 3 rings (SSSR count). The summed E-state index contributed by atoms with van der Waals surface area (Å²) in [5, 5.41) is 1.57. The Labute approximate surface area is 104 Å². The molecule has 1 aliphatic heterocycles. The highest BCUT2D eigenvalue weighted by Crippen LogP contribution is 2.19. The van der Waals surface area contributed by atoms with E-state index in [-0.39, 0.29) is 5.97 Å². The first kappa shape index (κ1) is 10.9. The van der Waals surface area contributed by atoms with Crippen LogP contribution in [0, 0.1) is 0 Å². The molecule has 1 aromatic carbocycles. The molecular weight excluding hydrogens is 230 g/mol. The third kappa shape index (κ3) is 2.08. The number of aromatic nitrogens is 2. The van der Waals surface area contributed by atoms with Gasteiger partial charge in [0.05, 0.1) is 30.0 Å². The van der Waals surface area contributed by atoms with E-state index in [0.29, 0.717) is 18.7 Å². The van der Waals surface area contributed by atoms with E-state index in [4.69, 9.17) is 4.84 Å². The fraction of sp³-hybridized carbons (Fsp3) is 0.154. The molecular formula is C13H11N3O2. The number of hydrogen-bond acceptors (Lipinski definition) is 5. The van der Waals surface area contributed by atoms with Gasteiger partial charge in [-0.15, -0.1) is 5.06 Å². The summed E-state index contributed by atoms with van der Waals surface area (Å²) < 4.78 is 0. The van der Waals surface area contributed by atoms with Crippen LogP contribution in [0.15, 0.2) is 42.7 Å². The van der Waals surface area contributed by atoms with Gasteiger partial charge < -0.3 is 4.84 Å². The standard InChI is InChI=1S/C13H11N3O2/c17-13(10-4-2-1-3-5-10)18-16-8-11-12(9-16)15-7-6-14-11/h1-7H,8-9H2. The number of benzene rings is 1. The third-order valence-electron chi connectivity index (χ3n) is 2.73. The van der Waals surface area contributed by atoms with Crippen LogP contribution >= 0.6 is 0 Å². The third-order valence-corrected chi connectivity index (χ3v) is 2.73. The Morgan fingerprint density at radius 2 is 1.67 bits per heavy atom. The van der Waals surface area contributed by atoms with E-state index in [2.05, 4.69) is 9.97 Å². The lowest BCUT2D eigenvalue weighted by molar-refractivity contribution is -0.115. The van der Waals surface area contributed by atoms with Crippen LogP contribution in [0.2, 0.25) is 0 Å². The lowest BCUT2D eigenvalue weighted by Crippen LogP contribution is -2.22. The van der Waals surface area contributed by atoms with Gasteiger partial charge in [0.15, 0.2) is 0 Å². The highest BCUT2D eigenvalue weighted by molar-refractivity contribution is 5.89. The maximum absolute atomic E-state index is 11.8. The molecule has 5 heteroatoms. The van der Waals surface area contributed by atoms with E-state index in [9.17, 15) is 4.79 Å². The van der Waals surface area contributed by atoms with Crippen molar-refractivity contribution in [3.05, 3.63) is 59.7 Å². The summed E-state index contributed by atoms with van der Waals surface area (Å²) in [6.07, 6.45) is 3.28. The van der Waals surface area contributed by atoms with Crippen LogP contribution in [-0.2, 0) is 17.9 Å². The lowest BCUT2D eigenvalue weighted by atomic mass is 10.2. The zero-order chi connectivity index (χ0) is 12.4. The molecule has 18 heavy (non-hydrogen) atoms. The Kier molecular flexibility index (Phi) is 2.74. The number of hydrogen-bond donors (Lipinski definition) is 0. The maximum Gasteiger partial charge on any atom is 0.357 e. The van der Waals surface area contributed by atoms with Crippen LogP contribution in [0.4, 0.5) is 0 Å². The average Bonchev–Trinajstić information content (AvgIpc) is 2.82. The van der Waals surface area contributed by atoms with Crippen LogP contribution in [-0.4, -0.2) is 21.0 Å². The minimum atomic E-state index is -0.358. The minimum absolute atomic E-state index is 0.358. The summed E-state index contributed by atoms with van der Waals surface area (Å²) in [7, 11) is 0. The lowest BCUT2D eigenvalue weighted by Gasteiger charge is -2.13. The summed E-state index contributed by atoms with van der Waals surface area (Å²) in [6, 6.07) is 8.91. The number of rotatable bonds is 2. The molecule has 0 N–H and O–H groups in total. The van der Waals surface area contributed by atoms with Gasteiger partial charge in [-0.2, -0.15) is 0 Å². The van der Waals surface area contributed by atoms with Crippen LogP contribution in [0.1, 0.15) is 21.7 Å². The predicted octanol–water partition coefficient (Wildman–Crippen LogP) is 1.56. The van der Waals surface area contributed by atoms with Gasteiger partial charge in [0.2, 0.25) is 0 Å². The molecule has 0 spiro atoms. The molecule has 2 heterocycles. The molecule has 0 amide bonds. The van der Waals surface area contributed by atoms with Gasteiger partial charge >= 0.3 is 5.97 Å². The summed E-state index contributed by atoms with van der Waals surface area (Å²) in [5.74, 6) is -0.358. The van der Waals surface area contributed by atoms with Crippen molar-refractivity contribution >= 4 is 5.97 Å². The molecule has 2 aromatic rings. The fourth-order valence-corrected chi connectivity index (χ4v) is 1.86. The minimum Gasteiger partial charge on any atom is -0.363 e. The van der Waals surface area contributed by atoms with Gasteiger partial charge in [-0.1, -0.05) is 18.2 Å². The number of nitrogens with zero attached hydrogens (tertiary/aromatic N) is 3. The monoisotopic (exact) mass is 241 g/mol. The van der Waals surface area contributed by atoms with Crippen molar-refractivity contribution in [3.63, 3.8) is 0 Å². The van der Waals surface area contributed by atoms with Gasteiger partial charge in [-0.3, -0.25) is 9.97 Å². The van der Waals surface area contributed by atoms with Gasteiger partial charge in [0.1, 0.15) is 0 Å². The molecule has 0 atom stereocenters. The smallest absolute Gasteiger partial charge is 0.357 e. The van der Waals surface area contributed by atoms with Gasteiger partial charge in [0, 0.05) is 12.4 Å². The Morgan fingerprint density at radius 3 is 2.28 bits per heavy atom. The van der Waals surface area contributed by atoms with Crippen molar-refractivity contribution in [2.75, 3.05) is 0 Å². The van der Waals surface area contributed by atoms with Crippen LogP contribution in [0.5, 0.6) is 0 Å². The number of carbonyl (C=O) groups excluding carboxylic acids is 1. The summed E-state index contributed by atoms with van der Waals surface area (Å²) >= 11 is 0. The van der Waals surface area contributed by atoms with E-state index >= 15 is 0 Å². The molecule has 5 nitrogen and oxygen atoms in total. The molecule has 0 bridgehead atoms. The molecule has 0 radical (unpaired) electrons. The second-order valence-electron chi connectivity index (χ2n) is 3.99. The normalized spacial score (nSPS) is 14.2. The van der Waals surface area contributed by atoms with Crippen molar-refractivity contribution < 1.29 is 9.63 Å². The zero-order valence-corrected chi connectivity index (χ0v) is 9.61. The van der Waals surface area contributed by atoms with Crippen molar-refractivity contribution in [2.45, 2.75) is 13.1 Å². The second kappa shape index (κ2) is 4.54. The molecule has 1 aromatic heterocycles. The molecule has 0 aliphatic carbocycles. The highest BCUT2D eigenvalue weighted by Gasteiger charge is 2.24. The first-order chi connectivity index (χ1) is 8.83. The second-order valence-corrected chi connectivity index (χ2v) is 3.99. The van der Waals surface area contributed by atoms with E-state index < -0.39 is 0 Å². The first-order valence-electron chi connectivity index (χ1n) is 5.64. The number of fused-ring (bicyclic) bond motifs is 1. The summed E-state index contributed by atoms with van der Waals surface area (Å²) in [4.78, 5) is 25.5. The maximum atomic E-state index is 11.8. The van der Waals surface area contributed by atoms with E-state index in [1.54, 1.807) is 41.7 Å². The van der Waals surface area contributed by atoms with E-state index in [1.807, 2.05) is 6.07 Å². The van der Waals surface area contributed by atoms with Gasteiger partial charge in [-0.25, -0.2) is 4.79 Å².